The minimum absolute atomic E-state index is 0.198. The molecule has 0 aromatic carbocycles. The Morgan fingerprint density at radius 3 is 2.44 bits per heavy atom. The maximum Gasteiger partial charge on any atom is 0.126 e. The zero-order chi connectivity index (χ0) is 7.33. The maximum atomic E-state index is 10.3. The number of hydrogen-bond acceptors (Lipinski definition) is 2. The van der Waals surface area contributed by atoms with Crippen LogP contribution in [0.25, 0.3) is 0 Å². The molecule has 0 amide bonds. The Morgan fingerprint density at radius 1 is 1.56 bits per heavy atom. The van der Waals surface area contributed by atoms with Crippen molar-refractivity contribution in [1.82, 2.24) is 5.32 Å². The minimum atomic E-state index is -0.198. The van der Waals surface area contributed by atoms with Gasteiger partial charge in [-0.15, -0.1) is 0 Å². The summed E-state index contributed by atoms with van der Waals surface area (Å²) in [7, 11) is 0. The molecule has 0 aromatic heterocycles. The van der Waals surface area contributed by atoms with Crippen molar-refractivity contribution in [3.05, 3.63) is 0 Å². The molecular formula is C7H15NO. The molecule has 0 bridgehead atoms. The predicted octanol–water partition coefficient (Wildman–Crippen LogP) is 0.821. The summed E-state index contributed by atoms with van der Waals surface area (Å²) in [6.07, 6.45) is 0.982. The van der Waals surface area contributed by atoms with E-state index >= 15 is 0 Å². The van der Waals surface area contributed by atoms with Crippen molar-refractivity contribution in [2.24, 2.45) is 5.41 Å². The second-order valence-corrected chi connectivity index (χ2v) is 2.89. The molecule has 0 aliphatic rings. The molecule has 9 heavy (non-hydrogen) atoms. The predicted molar refractivity (Wildman–Crippen MR) is 38.4 cm³/mol. The molecule has 0 unspecified atom stereocenters. The van der Waals surface area contributed by atoms with Gasteiger partial charge in [-0.3, -0.25) is 0 Å². The SMILES string of the molecule is CCNCC(C)(C)C=O. The van der Waals surface area contributed by atoms with Crippen molar-refractivity contribution in [2.75, 3.05) is 13.1 Å². The van der Waals surface area contributed by atoms with Gasteiger partial charge < -0.3 is 10.1 Å². The third-order valence-corrected chi connectivity index (χ3v) is 1.15. The van der Waals surface area contributed by atoms with Gasteiger partial charge in [0, 0.05) is 12.0 Å². The van der Waals surface area contributed by atoms with Gasteiger partial charge in [-0.25, -0.2) is 0 Å². The molecule has 0 radical (unpaired) electrons. The summed E-state index contributed by atoms with van der Waals surface area (Å²) in [5.41, 5.74) is -0.198. The lowest BCUT2D eigenvalue weighted by Crippen LogP contribution is -2.30. The van der Waals surface area contributed by atoms with E-state index in [1.54, 1.807) is 0 Å². The van der Waals surface area contributed by atoms with Gasteiger partial charge in [0.15, 0.2) is 0 Å². The van der Waals surface area contributed by atoms with Gasteiger partial charge in [-0.2, -0.15) is 0 Å². The molecule has 1 N–H and O–H groups in total. The molecule has 0 aliphatic carbocycles. The first-order valence-corrected chi connectivity index (χ1v) is 3.29. The molecule has 0 atom stereocenters. The van der Waals surface area contributed by atoms with Crippen LogP contribution in [0.4, 0.5) is 0 Å². The molecule has 0 aromatic rings. The van der Waals surface area contributed by atoms with Gasteiger partial charge in [0.2, 0.25) is 0 Å². The Hall–Kier alpha value is -0.370. The fourth-order valence-electron chi connectivity index (χ4n) is 0.489. The maximum absolute atomic E-state index is 10.3. The van der Waals surface area contributed by atoms with E-state index in [1.807, 2.05) is 20.8 Å². The second kappa shape index (κ2) is 3.62. The Kier molecular flexibility index (Phi) is 3.47. The van der Waals surface area contributed by atoms with Crippen LogP contribution in [0.2, 0.25) is 0 Å². The summed E-state index contributed by atoms with van der Waals surface area (Å²) in [4.78, 5) is 10.3. The lowest BCUT2D eigenvalue weighted by Gasteiger charge is -2.15. The highest BCUT2D eigenvalue weighted by molar-refractivity contribution is 5.58. The quantitative estimate of drug-likeness (QED) is 0.569. The van der Waals surface area contributed by atoms with Crippen LogP contribution in [0.15, 0.2) is 0 Å². The van der Waals surface area contributed by atoms with Crippen LogP contribution in [-0.2, 0) is 4.79 Å². The summed E-state index contributed by atoms with van der Waals surface area (Å²) >= 11 is 0. The molecule has 54 valence electrons. The fourth-order valence-corrected chi connectivity index (χ4v) is 0.489. The van der Waals surface area contributed by atoms with Crippen LogP contribution in [0.3, 0.4) is 0 Å². The van der Waals surface area contributed by atoms with Gasteiger partial charge in [-0.05, 0) is 6.54 Å². The largest absolute Gasteiger partial charge is 0.316 e. The molecule has 0 saturated heterocycles. The highest BCUT2D eigenvalue weighted by Crippen LogP contribution is 2.07. The molecule has 2 heteroatoms. The van der Waals surface area contributed by atoms with Crippen molar-refractivity contribution in [2.45, 2.75) is 20.8 Å². The first-order chi connectivity index (χ1) is 4.12. The Balaban J connectivity index is 3.45. The topological polar surface area (TPSA) is 29.1 Å². The minimum Gasteiger partial charge on any atom is -0.316 e. The summed E-state index contributed by atoms with van der Waals surface area (Å²) < 4.78 is 0. The average molecular weight is 129 g/mol. The lowest BCUT2D eigenvalue weighted by molar-refractivity contribution is -0.114. The normalized spacial score (nSPS) is 11.4. The molecule has 0 rings (SSSR count). The van der Waals surface area contributed by atoms with E-state index in [-0.39, 0.29) is 5.41 Å². The van der Waals surface area contributed by atoms with Crippen LogP contribution in [0.1, 0.15) is 20.8 Å². The van der Waals surface area contributed by atoms with Gasteiger partial charge in [0.1, 0.15) is 6.29 Å². The van der Waals surface area contributed by atoms with Crippen molar-refractivity contribution in [3.8, 4) is 0 Å². The van der Waals surface area contributed by atoms with E-state index in [4.69, 9.17) is 0 Å². The van der Waals surface area contributed by atoms with Crippen LogP contribution >= 0.6 is 0 Å². The van der Waals surface area contributed by atoms with E-state index in [0.717, 1.165) is 19.4 Å². The van der Waals surface area contributed by atoms with E-state index in [9.17, 15) is 4.79 Å². The average Bonchev–Trinajstić information content (AvgIpc) is 1.84. The highest BCUT2D eigenvalue weighted by atomic mass is 16.1. The molecule has 0 fully saturated rings. The van der Waals surface area contributed by atoms with Crippen LogP contribution in [-0.4, -0.2) is 19.4 Å². The molecular weight excluding hydrogens is 114 g/mol. The number of nitrogens with one attached hydrogen (secondary N) is 1. The zero-order valence-corrected chi connectivity index (χ0v) is 6.40. The smallest absolute Gasteiger partial charge is 0.126 e. The molecule has 0 saturated carbocycles. The van der Waals surface area contributed by atoms with Gasteiger partial charge >= 0.3 is 0 Å². The molecule has 0 spiro atoms. The van der Waals surface area contributed by atoms with Gasteiger partial charge in [-0.1, -0.05) is 20.8 Å². The molecule has 0 heterocycles. The van der Waals surface area contributed by atoms with E-state index in [1.165, 1.54) is 0 Å². The third kappa shape index (κ3) is 4.15. The van der Waals surface area contributed by atoms with Crippen molar-refractivity contribution in [3.63, 3.8) is 0 Å². The van der Waals surface area contributed by atoms with Crippen molar-refractivity contribution >= 4 is 6.29 Å². The van der Waals surface area contributed by atoms with Crippen LogP contribution in [0, 0.1) is 5.41 Å². The summed E-state index contributed by atoms with van der Waals surface area (Å²) in [5, 5.41) is 3.11. The number of rotatable bonds is 4. The summed E-state index contributed by atoms with van der Waals surface area (Å²) in [5.74, 6) is 0. The van der Waals surface area contributed by atoms with E-state index in [0.29, 0.717) is 0 Å². The number of aldehydes is 1. The number of hydrogen-bond donors (Lipinski definition) is 1. The fraction of sp³-hybridized carbons (Fsp3) is 0.857. The standard InChI is InChI=1S/C7H15NO/c1-4-8-5-7(2,3)6-9/h6,8H,4-5H2,1-3H3. The monoisotopic (exact) mass is 129 g/mol. The Bertz CT molecular complexity index is 88.9. The van der Waals surface area contributed by atoms with E-state index in [2.05, 4.69) is 5.32 Å². The Labute approximate surface area is 56.6 Å². The number of carbonyl (C=O) groups is 1. The summed E-state index contributed by atoms with van der Waals surface area (Å²) in [6.45, 7) is 7.57. The van der Waals surface area contributed by atoms with Gasteiger partial charge in [0.05, 0.1) is 0 Å². The van der Waals surface area contributed by atoms with Gasteiger partial charge in [0.25, 0.3) is 0 Å². The lowest BCUT2D eigenvalue weighted by atomic mass is 9.96. The molecule has 2 nitrogen and oxygen atoms in total. The Morgan fingerprint density at radius 2 is 2.11 bits per heavy atom. The third-order valence-electron chi connectivity index (χ3n) is 1.15. The first-order valence-electron chi connectivity index (χ1n) is 3.29. The van der Waals surface area contributed by atoms with E-state index < -0.39 is 0 Å². The number of carbonyl (C=O) groups excluding carboxylic acids is 1. The van der Waals surface area contributed by atoms with Crippen LogP contribution in [0.5, 0.6) is 0 Å². The first kappa shape index (κ1) is 8.63. The second-order valence-electron chi connectivity index (χ2n) is 2.89. The van der Waals surface area contributed by atoms with Crippen molar-refractivity contribution < 1.29 is 4.79 Å². The van der Waals surface area contributed by atoms with Crippen molar-refractivity contribution in [1.29, 1.82) is 0 Å². The zero-order valence-electron chi connectivity index (χ0n) is 6.40. The van der Waals surface area contributed by atoms with Crippen LogP contribution < -0.4 is 5.32 Å². The summed E-state index contributed by atoms with van der Waals surface area (Å²) in [6, 6.07) is 0. The molecule has 0 aliphatic heterocycles. The highest BCUT2D eigenvalue weighted by Gasteiger charge is 2.14.